The van der Waals surface area contributed by atoms with Crippen LogP contribution in [-0.2, 0) is 11.3 Å². The molecule has 0 aliphatic rings. The molecule has 0 aliphatic heterocycles. The number of anilines is 1. The van der Waals surface area contributed by atoms with Crippen molar-refractivity contribution >= 4 is 23.4 Å². The summed E-state index contributed by atoms with van der Waals surface area (Å²) in [6.07, 6.45) is 2.66. The highest BCUT2D eigenvalue weighted by Gasteiger charge is 2.15. The predicted molar refractivity (Wildman–Crippen MR) is 90.0 cm³/mol. The molecule has 0 aliphatic carbocycles. The Hall–Kier alpha value is -1.24. The van der Waals surface area contributed by atoms with Crippen molar-refractivity contribution in [3.8, 4) is 5.75 Å². The molecule has 0 heterocycles. The van der Waals surface area contributed by atoms with Gasteiger partial charge in [-0.1, -0.05) is 6.07 Å². The van der Waals surface area contributed by atoms with E-state index >= 15 is 0 Å². The van der Waals surface area contributed by atoms with Crippen LogP contribution in [0.25, 0.3) is 0 Å². The third-order valence-electron chi connectivity index (χ3n) is 2.99. The van der Waals surface area contributed by atoms with Gasteiger partial charge in [-0.2, -0.15) is 11.8 Å². The maximum Gasteiger partial charge on any atom is 0.241 e. The molecule has 1 aromatic rings. The van der Waals surface area contributed by atoms with Gasteiger partial charge in [-0.3, -0.25) is 4.79 Å². The largest absolute Gasteiger partial charge is 0.495 e. The SMILES string of the molecule is COc1ccc(CN(C)C)cc1NC(=O)[C@@H](N)CCSC. The molecule has 0 bridgehead atoms. The van der Waals surface area contributed by atoms with E-state index in [4.69, 9.17) is 10.5 Å². The summed E-state index contributed by atoms with van der Waals surface area (Å²) in [6.45, 7) is 0.797. The summed E-state index contributed by atoms with van der Waals surface area (Å²) in [5.74, 6) is 1.33. The summed E-state index contributed by atoms with van der Waals surface area (Å²) in [6, 6.07) is 5.28. The quantitative estimate of drug-likeness (QED) is 0.766. The van der Waals surface area contributed by atoms with Crippen LogP contribution in [0.3, 0.4) is 0 Å². The number of nitrogens with one attached hydrogen (secondary N) is 1. The number of amides is 1. The number of hydrogen-bond acceptors (Lipinski definition) is 5. The van der Waals surface area contributed by atoms with Crippen LogP contribution >= 0.6 is 11.8 Å². The minimum absolute atomic E-state index is 0.177. The molecule has 0 aromatic heterocycles. The first-order chi connectivity index (χ1) is 9.97. The molecular weight excluding hydrogens is 286 g/mol. The fourth-order valence-electron chi connectivity index (χ4n) is 1.92. The smallest absolute Gasteiger partial charge is 0.241 e. The second-order valence-corrected chi connectivity index (χ2v) is 6.14. The first-order valence-corrected chi connectivity index (χ1v) is 8.24. The Kier molecular flexibility index (Phi) is 7.56. The first kappa shape index (κ1) is 17.8. The molecule has 0 saturated heterocycles. The number of thioether (sulfide) groups is 1. The average molecular weight is 311 g/mol. The second-order valence-electron chi connectivity index (χ2n) is 5.15. The predicted octanol–water partition coefficient (Wildman–Crippen LogP) is 1.78. The van der Waals surface area contributed by atoms with Gasteiger partial charge < -0.3 is 20.7 Å². The maximum absolute atomic E-state index is 12.1. The van der Waals surface area contributed by atoms with Crippen molar-refractivity contribution in [2.45, 2.75) is 19.0 Å². The highest BCUT2D eigenvalue weighted by Crippen LogP contribution is 2.26. The Morgan fingerprint density at radius 2 is 2.19 bits per heavy atom. The third kappa shape index (κ3) is 5.95. The van der Waals surface area contributed by atoms with E-state index in [1.165, 1.54) is 0 Å². The van der Waals surface area contributed by atoms with Gasteiger partial charge in [0, 0.05) is 6.54 Å². The molecule has 21 heavy (non-hydrogen) atoms. The fraction of sp³-hybridized carbons (Fsp3) is 0.533. The van der Waals surface area contributed by atoms with Crippen LogP contribution in [0.5, 0.6) is 5.75 Å². The highest BCUT2D eigenvalue weighted by molar-refractivity contribution is 7.98. The number of nitrogens with zero attached hydrogens (tertiary/aromatic N) is 1. The summed E-state index contributed by atoms with van der Waals surface area (Å²) < 4.78 is 5.29. The summed E-state index contributed by atoms with van der Waals surface area (Å²) in [5, 5.41) is 2.87. The van der Waals surface area contributed by atoms with Gasteiger partial charge in [0.25, 0.3) is 0 Å². The van der Waals surface area contributed by atoms with Crippen molar-refractivity contribution in [3.05, 3.63) is 23.8 Å². The summed E-state index contributed by atoms with van der Waals surface area (Å²) >= 11 is 1.68. The van der Waals surface area contributed by atoms with Crippen molar-refractivity contribution in [2.75, 3.05) is 38.5 Å². The van der Waals surface area contributed by atoms with Gasteiger partial charge >= 0.3 is 0 Å². The normalized spacial score (nSPS) is 12.3. The van der Waals surface area contributed by atoms with E-state index < -0.39 is 6.04 Å². The van der Waals surface area contributed by atoms with Crippen LogP contribution in [0.4, 0.5) is 5.69 Å². The van der Waals surface area contributed by atoms with E-state index in [9.17, 15) is 4.79 Å². The standard InChI is InChI=1S/C15H25N3O2S/c1-18(2)10-11-5-6-14(20-3)13(9-11)17-15(19)12(16)7-8-21-4/h5-6,9,12H,7-8,10,16H2,1-4H3,(H,17,19)/t12-/m0/s1. The zero-order valence-corrected chi connectivity index (χ0v) is 14.0. The lowest BCUT2D eigenvalue weighted by Gasteiger charge is -2.16. The Labute approximate surface area is 131 Å². The van der Waals surface area contributed by atoms with E-state index in [-0.39, 0.29) is 5.91 Å². The van der Waals surface area contributed by atoms with Crippen LogP contribution in [0.15, 0.2) is 18.2 Å². The van der Waals surface area contributed by atoms with E-state index in [1.54, 1.807) is 18.9 Å². The van der Waals surface area contributed by atoms with Crippen LogP contribution in [0, 0.1) is 0 Å². The number of hydrogen-bond donors (Lipinski definition) is 2. The molecule has 0 saturated carbocycles. The molecule has 1 aromatic carbocycles. The van der Waals surface area contributed by atoms with Crippen molar-refractivity contribution < 1.29 is 9.53 Å². The number of rotatable bonds is 8. The maximum atomic E-state index is 12.1. The number of carbonyl (C=O) groups is 1. The lowest BCUT2D eigenvalue weighted by molar-refractivity contribution is -0.117. The monoisotopic (exact) mass is 311 g/mol. The Bertz CT molecular complexity index is 466. The van der Waals surface area contributed by atoms with Crippen LogP contribution in [0.2, 0.25) is 0 Å². The van der Waals surface area contributed by atoms with Gasteiger partial charge in [0.05, 0.1) is 18.8 Å². The van der Waals surface area contributed by atoms with Gasteiger partial charge in [-0.15, -0.1) is 0 Å². The Morgan fingerprint density at radius 1 is 1.48 bits per heavy atom. The molecule has 6 heteroatoms. The van der Waals surface area contributed by atoms with Crippen molar-refractivity contribution in [2.24, 2.45) is 5.73 Å². The Balaban J connectivity index is 2.81. The van der Waals surface area contributed by atoms with Crippen molar-refractivity contribution in [1.82, 2.24) is 4.90 Å². The van der Waals surface area contributed by atoms with E-state index in [0.717, 1.165) is 17.9 Å². The lowest BCUT2D eigenvalue weighted by Crippen LogP contribution is -2.36. The second kappa shape index (κ2) is 8.92. The van der Waals surface area contributed by atoms with Gasteiger partial charge in [0.15, 0.2) is 0 Å². The minimum Gasteiger partial charge on any atom is -0.495 e. The molecule has 0 fully saturated rings. The van der Waals surface area contributed by atoms with Gasteiger partial charge in [0.2, 0.25) is 5.91 Å². The molecule has 1 amide bonds. The van der Waals surface area contributed by atoms with Crippen LogP contribution in [-0.4, -0.2) is 50.1 Å². The van der Waals surface area contributed by atoms with Crippen molar-refractivity contribution in [1.29, 1.82) is 0 Å². The molecule has 0 radical (unpaired) electrons. The average Bonchev–Trinajstić information content (AvgIpc) is 2.44. The molecule has 5 nitrogen and oxygen atoms in total. The zero-order valence-electron chi connectivity index (χ0n) is 13.2. The molecule has 1 atom stereocenters. The van der Waals surface area contributed by atoms with E-state index in [1.807, 2.05) is 38.6 Å². The zero-order chi connectivity index (χ0) is 15.8. The third-order valence-corrected chi connectivity index (χ3v) is 3.63. The highest BCUT2D eigenvalue weighted by atomic mass is 32.2. The number of methoxy groups -OCH3 is 1. The van der Waals surface area contributed by atoms with Crippen LogP contribution in [0.1, 0.15) is 12.0 Å². The molecule has 118 valence electrons. The number of benzene rings is 1. The van der Waals surface area contributed by atoms with E-state index in [0.29, 0.717) is 17.9 Å². The number of carbonyl (C=O) groups excluding carboxylic acids is 1. The topological polar surface area (TPSA) is 67.6 Å². The molecule has 3 N–H and O–H groups in total. The molecule has 0 spiro atoms. The first-order valence-electron chi connectivity index (χ1n) is 6.85. The lowest BCUT2D eigenvalue weighted by atomic mass is 10.1. The van der Waals surface area contributed by atoms with Gasteiger partial charge in [-0.05, 0) is 50.2 Å². The summed E-state index contributed by atoms with van der Waals surface area (Å²) in [5.41, 5.74) is 7.66. The van der Waals surface area contributed by atoms with Crippen molar-refractivity contribution in [3.63, 3.8) is 0 Å². The minimum atomic E-state index is -0.500. The van der Waals surface area contributed by atoms with Crippen LogP contribution < -0.4 is 15.8 Å². The number of nitrogens with two attached hydrogens (primary N) is 1. The Morgan fingerprint density at radius 3 is 2.76 bits per heavy atom. The van der Waals surface area contributed by atoms with E-state index in [2.05, 4.69) is 10.2 Å². The molecule has 1 rings (SSSR count). The molecule has 0 unspecified atom stereocenters. The summed E-state index contributed by atoms with van der Waals surface area (Å²) in [4.78, 5) is 14.2. The van der Waals surface area contributed by atoms with Gasteiger partial charge in [0.1, 0.15) is 5.75 Å². The van der Waals surface area contributed by atoms with Gasteiger partial charge in [-0.25, -0.2) is 0 Å². The summed E-state index contributed by atoms with van der Waals surface area (Å²) in [7, 11) is 5.59. The fourth-order valence-corrected chi connectivity index (χ4v) is 2.41. The molecular formula is C15H25N3O2S. The number of ether oxygens (including phenoxy) is 1.